The number of unbranched alkanes of at least 4 members (excludes halogenated alkanes) is 3. The Morgan fingerprint density at radius 3 is 1.53 bits per heavy atom. The quantitative estimate of drug-likeness (QED) is 0.0383. The second kappa shape index (κ2) is 36.3. The van der Waals surface area contributed by atoms with E-state index in [4.69, 9.17) is 4.74 Å². The van der Waals surface area contributed by atoms with Crippen LogP contribution in [0.3, 0.4) is 0 Å². The third-order valence-corrected chi connectivity index (χ3v) is 13.7. The molecule has 25 heteroatoms. The Labute approximate surface area is 465 Å². The van der Waals surface area contributed by atoms with Gasteiger partial charge in [-0.2, -0.15) is 0 Å². The van der Waals surface area contributed by atoms with Crippen LogP contribution in [0.1, 0.15) is 167 Å². The van der Waals surface area contributed by atoms with Crippen molar-refractivity contribution >= 4 is 65.1 Å². The van der Waals surface area contributed by atoms with Gasteiger partial charge in [-0.1, -0.05) is 115 Å². The molecule has 79 heavy (non-hydrogen) atoms. The van der Waals surface area contributed by atoms with Gasteiger partial charge >= 0.3 is 11.9 Å². The van der Waals surface area contributed by atoms with Crippen molar-refractivity contribution < 1.29 is 77.9 Å². The number of aliphatic carboxylic acids is 1. The van der Waals surface area contributed by atoms with Crippen LogP contribution in [-0.4, -0.2) is 165 Å². The van der Waals surface area contributed by atoms with Gasteiger partial charge in [0.05, 0.1) is 25.7 Å². The molecule has 4 unspecified atom stereocenters. The van der Waals surface area contributed by atoms with E-state index < -0.39 is 170 Å². The average molecular weight is 1130 g/mol. The summed E-state index contributed by atoms with van der Waals surface area (Å²) < 4.78 is 5.84. The first-order valence-corrected chi connectivity index (χ1v) is 28.1. The molecule has 0 aromatic carbocycles. The number of rotatable bonds is 27. The summed E-state index contributed by atoms with van der Waals surface area (Å²) in [5.41, 5.74) is 0. The van der Waals surface area contributed by atoms with Gasteiger partial charge in [0.25, 0.3) is 0 Å². The molecular weight excluding hydrogens is 1030 g/mol. The van der Waals surface area contributed by atoms with Crippen LogP contribution in [0.2, 0.25) is 0 Å². The van der Waals surface area contributed by atoms with E-state index >= 15 is 0 Å². The summed E-state index contributed by atoms with van der Waals surface area (Å²) in [5, 5.41) is 63.6. The van der Waals surface area contributed by atoms with E-state index in [2.05, 4.69) is 47.9 Å². The predicted octanol–water partition coefficient (Wildman–Crippen LogP) is 0.0962. The second-order valence-electron chi connectivity index (χ2n) is 22.2. The zero-order chi connectivity index (χ0) is 60.3. The maximum Gasteiger partial charge on any atom is 0.329 e. The second-order valence-corrected chi connectivity index (χ2v) is 22.2. The van der Waals surface area contributed by atoms with E-state index in [0.29, 0.717) is 12.8 Å². The minimum absolute atomic E-state index is 0.00965. The fourth-order valence-electron chi connectivity index (χ4n) is 8.60. The first kappa shape index (κ1) is 71.1. The molecule has 25 nitrogen and oxygen atoms in total. The Balaban J connectivity index is 4.06. The lowest BCUT2D eigenvalue weighted by Crippen LogP contribution is -2.64. The smallest absolute Gasteiger partial charge is 0.329 e. The summed E-state index contributed by atoms with van der Waals surface area (Å²) in [6.45, 7) is 18.4. The van der Waals surface area contributed by atoms with Crippen LogP contribution in [0.4, 0.5) is 0 Å². The van der Waals surface area contributed by atoms with Crippen molar-refractivity contribution in [1.82, 2.24) is 47.9 Å². The number of carbonyl (C=O) groups is 11. The number of hydrogen-bond acceptors (Lipinski definition) is 15. The number of nitrogens with one attached hydrogen (secondary N) is 9. The van der Waals surface area contributed by atoms with Gasteiger partial charge in [0, 0.05) is 6.42 Å². The highest BCUT2D eigenvalue weighted by molar-refractivity contribution is 5.99. The molecule has 1 fully saturated rings. The Bertz CT molecular complexity index is 2020. The molecule has 1 heterocycles. The lowest BCUT2D eigenvalue weighted by molar-refractivity contribution is -0.158. The summed E-state index contributed by atoms with van der Waals surface area (Å²) in [6, 6.07) is -14.1. The number of hydrogen-bond donors (Lipinski definition) is 13. The minimum Gasteiger partial charge on any atom is -0.481 e. The van der Waals surface area contributed by atoms with E-state index in [9.17, 15) is 73.2 Å². The molecule has 452 valence electrons. The molecular formula is C54H95N9O16. The van der Waals surface area contributed by atoms with Crippen molar-refractivity contribution in [3.05, 3.63) is 0 Å². The highest BCUT2D eigenvalue weighted by Crippen LogP contribution is 2.17. The fourth-order valence-corrected chi connectivity index (χ4v) is 8.60. The van der Waals surface area contributed by atoms with Crippen LogP contribution in [0.15, 0.2) is 0 Å². The van der Waals surface area contributed by atoms with Crippen molar-refractivity contribution in [1.29, 1.82) is 0 Å². The van der Waals surface area contributed by atoms with Gasteiger partial charge in [0.1, 0.15) is 60.5 Å². The number of aliphatic hydroxyl groups excluding tert-OH is 3. The van der Waals surface area contributed by atoms with Crippen LogP contribution in [0.25, 0.3) is 0 Å². The van der Waals surface area contributed by atoms with Gasteiger partial charge in [-0.3, -0.25) is 47.9 Å². The fraction of sp³-hybridized carbons (Fsp3) is 0.796. The van der Waals surface area contributed by atoms with Gasteiger partial charge in [0.15, 0.2) is 0 Å². The highest BCUT2D eigenvalue weighted by atomic mass is 16.5. The predicted molar refractivity (Wildman–Crippen MR) is 291 cm³/mol. The van der Waals surface area contributed by atoms with Gasteiger partial charge in [-0.05, 0) is 68.6 Å². The number of carboxylic acid groups (broad SMARTS) is 1. The topological polar surface area (TPSA) is 386 Å². The van der Waals surface area contributed by atoms with E-state index in [0.717, 1.165) is 19.3 Å². The van der Waals surface area contributed by atoms with Crippen LogP contribution >= 0.6 is 0 Å². The molecule has 13 atom stereocenters. The molecule has 1 saturated heterocycles. The van der Waals surface area contributed by atoms with E-state index in [-0.39, 0.29) is 56.3 Å². The van der Waals surface area contributed by atoms with Crippen LogP contribution < -0.4 is 47.9 Å². The summed E-state index contributed by atoms with van der Waals surface area (Å²) in [7, 11) is 0. The van der Waals surface area contributed by atoms with E-state index in [1.165, 1.54) is 6.92 Å². The molecule has 9 amide bonds. The van der Waals surface area contributed by atoms with Crippen molar-refractivity contribution in [2.75, 3.05) is 13.2 Å². The number of aliphatic hydroxyl groups is 3. The summed E-state index contributed by atoms with van der Waals surface area (Å²) >= 11 is 0. The summed E-state index contributed by atoms with van der Waals surface area (Å²) in [5.74, 6) is -13.3. The Morgan fingerprint density at radius 2 is 1.05 bits per heavy atom. The zero-order valence-corrected chi connectivity index (χ0v) is 48.5. The summed E-state index contributed by atoms with van der Waals surface area (Å²) in [4.78, 5) is 152. The Hall–Kier alpha value is -5.95. The van der Waals surface area contributed by atoms with Crippen LogP contribution in [0.5, 0.6) is 0 Å². The molecule has 0 aromatic rings. The van der Waals surface area contributed by atoms with Gasteiger partial charge in [0.2, 0.25) is 53.2 Å². The lowest BCUT2D eigenvalue weighted by atomic mass is 9.96. The van der Waals surface area contributed by atoms with Crippen LogP contribution in [0, 0.1) is 29.6 Å². The first-order chi connectivity index (χ1) is 37.0. The van der Waals surface area contributed by atoms with Crippen molar-refractivity contribution in [2.24, 2.45) is 29.6 Å². The molecule has 0 spiro atoms. The zero-order valence-electron chi connectivity index (χ0n) is 48.5. The number of cyclic esters (lactones) is 1. The van der Waals surface area contributed by atoms with Crippen molar-refractivity contribution in [3.8, 4) is 0 Å². The Morgan fingerprint density at radius 1 is 0.570 bits per heavy atom. The molecule has 1 aliphatic heterocycles. The van der Waals surface area contributed by atoms with E-state index in [1.807, 2.05) is 6.92 Å². The van der Waals surface area contributed by atoms with Gasteiger partial charge < -0.3 is 73.0 Å². The van der Waals surface area contributed by atoms with E-state index in [1.54, 1.807) is 69.2 Å². The minimum atomic E-state index is -1.95. The number of carboxylic acids is 1. The Kier molecular flexibility index (Phi) is 32.7. The average Bonchev–Trinajstić information content (AvgIpc) is 3.37. The molecule has 0 aliphatic carbocycles. The number of ether oxygens (including phenoxy) is 1. The highest BCUT2D eigenvalue weighted by Gasteiger charge is 2.41. The molecule has 0 aromatic heterocycles. The molecule has 0 saturated carbocycles. The summed E-state index contributed by atoms with van der Waals surface area (Å²) in [6.07, 6.45) is 0.154. The normalized spacial score (nSPS) is 24.4. The standard InChI is InChI=1S/C54H95N9O16/c1-13-16-17-18-19-34(66)25-41(67)55-36(22-28(4)5)47(71)56-35(20-21-42(68)69)46(70)63-45-33(12)79-54(78)44(32(11)15-3)62-51(75)40(27-65)60-48(72)37(23-29(6)7)57-50(74)39(26-64)59-49(73)38(24-30(8)9)58-52(76)43(31(10)14-2)61-53(45)77/h28-40,43-45,64-66H,13-27H2,1-12H3,(H,55,67)(H,56,71)(H,57,74)(H,58,76)(H,59,73)(H,60,72)(H,61,77)(H,62,75)(H,63,70)(H,68,69)/t31?,32?,33?,34?,35-,36+,37+,38+,39-,40-,43-,44+,45+/m1/s1. The molecule has 1 rings (SSSR count). The molecule has 13 N–H and O–H groups in total. The maximum absolute atomic E-state index is 14.8. The molecule has 0 radical (unpaired) electrons. The molecule has 0 bridgehead atoms. The maximum atomic E-state index is 14.8. The van der Waals surface area contributed by atoms with Crippen LogP contribution in [-0.2, 0) is 57.5 Å². The van der Waals surface area contributed by atoms with Gasteiger partial charge in [-0.25, -0.2) is 4.79 Å². The van der Waals surface area contributed by atoms with Crippen molar-refractivity contribution in [2.45, 2.75) is 233 Å². The third-order valence-electron chi connectivity index (χ3n) is 13.7. The monoisotopic (exact) mass is 1130 g/mol. The number of esters is 1. The number of amides is 9. The van der Waals surface area contributed by atoms with Crippen molar-refractivity contribution in [3.63, 3.8) is 0 Å². The lowest BCUT2D eigenvalue weighted by Gasteiger charge is -2.32. The first-order valence-electron chi connectivity index (χ1n) is 28.1. The molecule has 1 aliphatic rings. The number of carbonyl (C=O) groups excluding carboxylic acids is 10. The van der Waals surface area contributed by atoms with Gasteiger partial charge in [-0.15, -0.1) is 0 Å². The largest absolute Gasteiger partial charge is 0.481 e. The SMILES string of the molecule is CCCCCCC(O)CC(=O)N[C@@H](CC(C)C)C(=O)N[C@H](CCC(=O)O)C(=O)N[C@@H]1C(=O)N[C@H](C(C)CC)C(=O)N[C@@H](CC(C)C)C(=O)N[C@H](CO)C(=O)N[C@@H](CC(C)C)C(=O)N[C@H](CO)C(=O)N[C@@H](C(C)CC)C(=O)OC1C. The third kappa shape index (κ3) is 25.8.